The molecule has 1 saturated carbocycles. The Balaban J connectivity index is 0.00000134. The number of hydrazine groups is 1. The number of hydrogen-bond acceptors (Lipinski definition) is 5. The molecule has 148 valence electrons. The predicted molar refractivity (Wildman–Crippen MR) is 104 cm³/mol. The maximum Gasteiger partial charge on any atom is 0.271 e. The molecular formula is C19H40N4O2. The Morgan fingerprint density at radius 2 is 1.60 bits per heavy atom. The molecule has 1 amide bonds. The van der Waals surface area contributed by atoms with E-state index in [2.05, 4.69) is 13.8 Å². The van der Waals surface area contributed by atoms with Gasteiger partial charge in [-0.05, 0) is 31.1 Å². The number of nitrogens with two attached hydrogens (primary N) is 2. The van der Waals surface area contributed by atoms with Gasteiger partial charge in [0.1, 0.15) is 5.70 Å². The van der Waals surface area contributed by atoms with E-state index in [4.69, 9.17) is 16.3 Å². The van der Waals surface area contributed by atoms with Gasteiger partial charge < -0.3 is 20.4 Å². The lowest BCUT2D eigenvalue weighted by Gasteiger charge is -2.38. The van der Waals surface area contributed by atoms with E-state index in [-0.39, 0.29) is 17.6 Å². The van der Waals surface area contributed by atoms with Gasteiger partial charge in [-0.1, -0.05) is 41.5 Å². The fourth-order valence-corrected chi connectivity index (χ4v) is 2.95. The zero-order chi connectivity index (χ0) is 19.5. The third-order valence-corrected chi connectivity index (χ3v) is 4.56. The summed E-state index contributed by atoms with van der Waals surface area (Å²) in [5.41, 5.74) is 6.53. The van der Waals surface area contributed by atoms with Crippen molar-refractivity contribution in [3.63, 3.8) is 0 Å². The van der Waals surface area contributed by atoms with Crippen LogP contribution in [0.5, 0.6) is 0 Å². The third kappa shape index (κ3) is 8.10. The second kappa shape index (κ2) is 12.1. The lowest BCUT2D eigenvalue weighted by Crippen LogP contribution is -2.45. The molecular weight excluding hydrogens is 316 g/mol. The van der Waals surface area contributed by atoms with E-state index in [1.54, 1.807) is 16.1 Å². The highest BCUT2D eigenvalue weighted by molar-refractivity contribution is 5.92. The number of ether oxygens (including phenoxy) is 1. The molecule has 1 aliphatic carbocycles. The highest BCUT2D eigenvalue weighted by Crippen LogP contribution is 2.36. The van der Waals surface area contributed by atoms with Gasteiger partial charge in [-0.2, -0.15) is 0 Å². The Kier molecular flexibility index (Phi) is 11.5. The molecule has 0 aromatic heterocycles. The third-order valence-electron chi connectivity index (χ3n) is 4.56. The molecule has 1 heterocycles. The molecule has 2 fully saturated rings. The molecule has 6 nitrogen and oxygen atoms in total. The van der Waals surface area contributed by atoms with Gasteiger partial charge in [0.25, 0.3) is 5.91 Å². The van der Waals surface area contributed by atoms with Crippen LogP contribution < -0.4 is 11.6 Å². The van der Waals surface area contributed by atoms with Gasteiger partial charge in [0.15, 0.2) is 0 Å². The minimum Gasteiger partial charge on any atom is -0.393 e. The van der Waals surface area contributed by atoms with Crippen molar-refractivity contribution in [2.45, 2.75) is 73.3 Å². The summed E-state index contributed by atoms with van der Waals surface area (Å²) >= 11 is 0. The lowest BCUT2D eigenvalue weighted by atomic mass is 9.75. The number of amides is 1. The highest BCUT2D eigenvalue weighted by Gasteiger charge is 2.29. The predicted octanol–water partition coefficient (Wildman–Crippen LogP) is 2.84. The summed E-state index contributed by atoms with van der Waals surface area (Å²) in [4.78, 5) is 13.9. The zero-order valence-corrected chi connectivity index (χ0v) is 17.2. The van der Waals surface area contributed by atoms with Crippen molar-refractivity contribution < 1.29 is 9.53 Å². The molecule has 0 radical (unpaired) electrons. The number of rotatable bonds is 3. The Labute approximate surface area is 154 Å². The molecule has 0 aromatic rings. The fraction of sp³-hybridized carbons (Fsp3) is 0.842. The van der Waals surface area contributed by atoms with E-state index in [0.29, 0.717) is 31.7 Å². The topological polar surface area (TPSA) is 84.8 Å². The maximum absolute atomic E-state index is 12.2. The van der Waals surface area contributed by atoms with Crippen molar-refractivity contribution in [1.29, 1.82) is 0 Å². The summed E-state index contributed by atoms with van der Waals surface area (Å²) in [6.45, 7) is 14.9. The van der Waals surface area contributed by atoms with Crippen LogP contribution in [0.1, 0.15) is 67.2 Å². The van der Waals surface area contributed by atoms with Crippen LogP contribution in [0.15, 0.2) is 11.9 Å². The molecule has 25 heavy (non-hydrogen) atoms. The van der Waals surface area contributed by atoms with Gasteiger partial charge >= 0.3 is 0 Å². The van der Waals surface area contributed by atoms with Crippen molar-refractivity contribution in [2.24, 2.45) is 17.0 Å². The SMILES string of the molecule is CC.CC.CC1(C)CCC(N(N)/C=C(\N)C(=O)N2CCOCC2)CC1. The molecule has 1 saturated heterocycles. The number of carbonyl (C=O) groups excluding carboxylic acids is 1. The molecule has 0 unspecified atom stereocenters. The largest absolute Gasteiger partial charge is 0.393 e. The number of morpholine rings is 1. The summed E-state index contributed by atoms with van der Waals surface area (Å²) in [7, 11) is 0. The molecule has 6 heteroatoms. The normalized spacial score (nSPS) is 20.6. The summed E-state index contributed by atoms with van der Waals surface area (Å²) in [5.74, 6) is 5.94. The monoisotopic (exact) mass is 356 g/mol. The van der Waals surface area contributed by atoms with E-state index in [9.17, 15) is 4.79 Å². The number of hydrogen-bond donors (Lipinski definition) is 2. The van der Waals surface area contributed by atoms with Crippen molar-refractivity contribution in [3.8, 4) is 0 Å². The van der Waals surface area contributed by atoms with Crippen molar-refractivity contribution in [3.05, 3.63) is 11.9 Å². The first-order valence-corrected chi connectivity index (χ1v) is 9.76. The Bertz CT molecular complexity index is 394. The Morgan fingerprint density at radius 1 is 1.12 bits per heavy atom. The average molecular weight is 357 g/mol. The van der Waals surface area contributed by atoms with E-state index >= 15 is 0 Å². The van der Waals surface area contributed by atoms with E-state index < -0.39 is 0 Å². The molecule has 0 atom stereocenters. The Hall–Kier alpha value is -1.27. The minimum absolute atomic E-state index is 0.148. The first-order valence-electron chi connectivity index (χ1n) is 9.76. The van der Waals surface area contributed by atoms with Crippen LogP contribution in [-0.2, 0) is 9.53 Å². The lowest BCUT2D eigenvalue weighted by molar-refractivity contribution is -0.131. The van der Waals surface area contributed by atoms with Crippen LogP contribution in [-0.4, -0.2) is 48.2 Å². The second-order valence-electron chi connectivity index (χ2n) is 6.83. The van der Waals surface area contributed by atoms with Crippen LogP contribution in [0.3, 0.4) is 0 Å². The second-order valence-corrected chi connectivity index (χ2v) is 6.83. The van der Waals surface area contributed by atoms with Crippen molar-refractivity contribution >= 4 is 5.91 Å². The number of nitrogens with zero attached hydrogens (tertiary/aromatic N) is 2. The van der Waals surface area contributed by atoms with E-state index in [0.717, 1.165) is 25.7 Å². The van der Waals surface area contributed by atoms with Crippen LogP contribution in [0.25, 0.3) is 0 Å². The van der Waals surface area contributed by atoms with E-state index in [1.807, 2.05) is 27.7 Å². The summed E-state index contributed by atoms with van der Waals surface area (Å²) < 4.78 is 5.24. The average Bonchev–Trinajstić information content (AvgIpc) is 2.65. The van der Waals surface area contributed by atoms with Gasteiger partial charge in [-0.3, -0.25) is 4.79 Å². The minimum atomic E-state index is -0.148. The molecule has 0 spiro atoms. The summed E-state index contributed by atoms with van der Waals surface area (Å²) in [6.07, 6.45) is 5.98. The molecule has 0 bridgehead atoms. The number of carbonyl (C=O) groups is 1. The molecule has 1 aliphatic heterocycles. The van der Waals surface area contributed by atoms with Gasteiger partial charge in [0.2, 0.25) is 0 Å². The van der Waals surface area contributed by atoms with Gasteiger partial charge in [-0.15, -0.1) is 0 Å². The standard InChI is InChI=1S/C15H28N4O2.2C2H6/c1-15(2)5-3-12(4-6-15)19(17)11-13(16)14(20)18-7-9-21-10-8-18;2*1-2/h11-12H,3-10,16-17H2,1-2H3;2*1-2H3/b13-11-;;. The van der Waals surface area contributed by atoms with Gasteiger partial charge in [0, 0.05) is 25.3 Å². The first-order chi connectivity index (χ1) is 11.9. The maximum atomic E-state index is 12.2. The molecule has 0 aromatic carbocycles. The molecule has 2 aliphatic rings. The molecule has 2 rings (SSSR count). The smallest absolute Gasteiger partial charge is 0.271 e. The quantitative estimate of drug-likeness (QED) is 0.461. The van der Waals surface area contributed by atoms with Crippen LogP contribution in [0.4, 0.5) is 0 Å². The fourth-order valence-electron chi connectivity index (χ4n) is 2.95. The Morgan fingerprint density at radius 3 is 2.08 bits per heavy atom. The zero-order valence-electron chi connectivity index (χ0n) is 17.2. The van der Waals surface area contributed by atoms with Crippen LogP contribution in [0, 0.1) is 5.41 Å². The summed E-state index contributed by atoms with van der Waals surface area (Å²) in [6, 6.07) is 0.272. The van der Waals surface area contributed by atoms with Crippen LogP contribution >= 0.6 is 0 Å². The van der Waals surface area contributed by atoms with Gasteiger partial charge in [0.05, 0.1) is 13.2 Å². The molecule has 4 N–H and O–H groups in total. The highest BCUT2D eigenvalue weighted by atomic mass is 16.5. The van der Waals surface area contributed by atoms with Gasteiger partial charge in [-0.25, -0.2) is 5.84 Å². The van der Waals surface area contributed by atoms with Crippen LogP contribution in [0.2, 0.25) is 0 Å². The summed E-state index contributed by atoms with van der Waals surface area (Å²) in [5, 5.41) is 1.63. The van der Waals surface area contributed by atoms with E-state index in [1.165, 1.54) is 0 Å². The van der Waals surface area contributed by atoms with Crippen molar-refractivity contribution in [2.75, 3.05) is 26.3 Å². The first kappa shape index (κ1) is 23.7. The van der Waals surface area contributed by atoms with Crippen molar-refractivity contribution in [1.82, 2.24) is 9.91 Å².